The molecule has 9 heteroatoms. The lowest BCUT2D eigenvalue weighted by Gasteiger charge is -2.32. The molecule has 3 N–H and O–H groups in total. The molecule has 2 aliphatic rings. The van der Waals surface area contributed by atoms with Gasteiger partial charge in [-0.1, -0.05) is 69.7 Å². The van der Waals surface area contributed by atoms with Crippen molar-refractivity contribution in [3.63, 3.8) is 0 Å². The Morgan fingerprint density at radius 1 is 1.07 bits per heavy atom. The van der Waals surface area contributed by atoms with Gasteiger partial charge in [-0.05, 0) is 42.9 Å². The molecule has 6 rings (SSSR count). The number of rotatable bonds is 11. The normalized spacial score (nSPS) is 18.4. The maximum atomic E-state index is 13.4. The molecule has 0 radical (unpaired) electrons. The fraction of sp³-hybridized carbons (Fsp3) is 0.531. The predicted molar refractivity (Wildman–Crippen MR) is 157 cm³/mol. The summed E-state index contributed by atoms with van der Waals surface area (Å²) in [7, 11) is 0. The van der Waals surface area contributed by atoms with Crippen molar-refractivity contribution in [3.05, 3.63) is 54.4 Å². The highest BCUT2D eigenvalue weighted by Crippen LogP contribution is 2.36. The van der Waals surface area contributed by atoms with Gasteiger partial charge >= 0.3 is 0 Å². The monoisotopic (exact) mass is 556 g/mol. The number of amides is 1. The molecule has 0 unspecified atom stereocenters. The summed E-state index contributed by atoms with van der Waals surface area (Å²) in [5.74, 6) is 0.857. The number of carbonyl (C=O) groups excluding carboxylic acids is 1. The van der Waals surface area contributed by atoms with E-state index in [4.69, 9.17) is 4.98 Å². The first-order valence-electron chi connectivity index (χ1n) is 15.2. The number of aliphatic hydroxyl groups is 2. The summed E-state index contributed by atoms with van der Waals surface area (Å²) in [4.78, 5) is 22.8. The number of carbonyl (C=O) groups is 1. The van der Waals surface area contributed by atoms with Gasteiger partial charge < -0.3 is 15.5 Å². The highest BCUT2D eigenvalue weighted by molar-refractivity contribution is 5.94. The van der Waals surface area contributed by atoms with Gasteiger partial charge in [-0.3, -0.25) is 14.2 Å². The van der Waals surface area contributed by atoms with Crippen molar-refractivity contribution < 1.29 is 15.0 Å². The molecule has 0 saturated heterocycles. The van der Waals surface area contributed by atoms with E-state index >= 15 is 0 Å². The molecule has 41 heavy (non-hydrogen) atoms. The van der Waals surface area contributed by atoms with E-state index in [1.54, 1.807) is 0 Å². The topological polar surface area (TPSA) is 126 Å². The zero-order chi connectivity index (χ0) is 28.3. The predicted octanol–water partition coefficient (Wildman–Crippen LogP) is 4.42. The zero-order valence-electron chi connectivity index (χ0n) is 23.7. The van der Waals surface area contributed by atoms with Gasteiger partial charge in [0, 0.05) is 29.5 Å². The van der Waals surface area contributed by atoms with Gasteiger partial charge in [0.15, 0.2) is 5.65 Å². The summed E-state index contributed by atoms with van der Waals surface area (Å²) >= 11 is 0. The first-order chi connectivity index (χ1) is 20.0. The minimum Gasteiger partial charge on any atom is -0.390 e. The first-order valence-corrected chi connectivity index (χ1v) is 15.2. The molecule has 2 fully saturated rings. The highest BCUT2D eigenvalue weighted by Gasteiger charge is 2.39. The van der Waals surface area contributed by atoms with Crippen LogP contribution in [-0.2, 0) is 17.6 Å². The summed E-state index contributed by atoms with van der Waals surface area (Å²) in [6.07, 6.45) is 13.8. The van der Waals surface area contributed by atoms with Crippen LogP contribution in [0.25, 0.3) is 27.7 Å². The van der Waals surface area contributed by atoms with E-state index in [1.807, 2.05) is 41.2 Å². The molecular weight excluding hydrogens is 516 g/mol. The van der Waals surface area contributed by atoms with Crippen LogP contribution in [-0.4, -0.2) is 58.9 Å². The van der Waals surface area contributed by atoms with E-state index in [0.717, 1.165) is 66.2 Å². The molecule has 1 amide bonds. The van der Waals surface area contributed by atoms with Crippen molar-refractivity contribution in [3.8, 4) is 11.3 Å². The molecule has 3 heterocycles. The number of hydrogen-bond acceptors (Lipinski definition) is 7. The van der Waals surface area contributed by atoms with Crippen molar-refractivity contribution in [2.45, 2.75) is 95.8 Å². The van der Waals surface area contributed by atoms with Crippen LogP contribution >= 0.6 is 0 Å². The lowest BCUT2D eigenvalue weighted by molar-refractivity contribution is -0.123. The number of pyridine rings is 1. The maximum Gasteiger partial charge on any atom is 0.227 e. The second kappa shape index (κ2) is 12.2. The largest absolute Gasteiger partial charge is 0.390 e. The fourth-order valence-corrected chi connectivity index (χ4v) is 6.40. The fourth-order valence-electron chi connectivity index (χ4n) is 6.40. The minimum atomic E-state index is -0.977. The second-order valence-corrected chi connectivity index (χ2v) is 12.0. The lowest BCUT2D eigenvalue weighted by Crippen LogP contribution is -2.50. The van der Waals surface area contributed by atoms with Crippen LogP contribution < -0.4 is 5.32 Å². The summed E-state index contributed by atoms with van der Waals surface area (Å²) in [6, 6.07) is 7.60. The Kier molecular flexibility index (Phi) is 8.25. The van der Waals surface area contributed by atoms with Crippen molar-refractivity contribution in [2.24, 2.45) is 11.8 Å². The molecule has 4 aromatic rings. The van der Waals surface area contributed by atoms with E-state index in [1.165, 1.54) is 19.3 Å². The standard InChI is InChI=1S/C32H40N6O3/c1-2-8-25-32-37-36-28(38(32)19-27(34-25)24-18-33-17-22-11-6-7-12-23(22)24)16-29(39)35-26(15-20-9-4-3-5-10-20)31(41)30(40)21-13-14-21/h6-7,11-12,17-21,26,30-31,40-41H,2-5,8-10,13-16H2,1H3,(H,35,39)/t26-,30-,31+/m0/s1. The molecule has 0 aliphatic heterocycles. The third-order valence-electron chi connectivity index (χ3n) is 8.81. The Labute approximate surface area is 240 Å². The third-order valence-corrected chi connectivity index (χ3v) is 8.81. The van der Waals surface area contributed by atoms with Crippen molar-refractivity contribution >= 4 is 22.3 Å². The van der Waals surface area contributed by atoms with Crippen LogP contribution in [0.15, 0.2) is 42.9 Å². The molecule has 1 aromatic carbocycles. The van der Waals surface area contributed by atoms with Crippen LogP contribution in [0.3, 0.4) is 0 Å². The number of benzene rings is 1. The Morgan fingerprint density at radius 3 is 2.66 bits per heavy atom. The SMILES string of the molecule is CCCc1nc(-c2cncc3ccccc23)cn2c(CC(=O)N[C@@H](CC3CCCCC3)[C@@H](O)[C@@H](O)C3CC3)nnc12. The quantitative estimate of drug-likeness (QED) is 0.250. The van der Waals surface area contributed by atoms with Crippen LogP contribution in [0.1, 0.15) is 76.2 Å². The second-order valence-electron chi connectivity index (χ2n) is 12.0. The number of nitrogens with one attached hydrogen (secondary N) is 1. The first kappa shape index (κ1) is 27.7. The van der Waals surface area contributed by atoms with Gasteiger partial charge in [0.25, 0.3) is 0 Å². The van der Waals surface area contributed by atoms with E-state index in [9.17, 15) is 15.0 Å². The van der Waals surface area contributed by atoms with E-state index < -0.39 is 18.2 Å². The molecular formula is C32H40N6O3. The third kappa shape index (κ3) is 6.11. The zero-order valence-corrected chi connectivity index (χ0v) is 23.7. The summed E-state index contributed by atoms with van der Waals surface area (Å²) < 4.78 is 1.88. The average molecular weight is 557 g/mol. The molecule has 0 bridgehead atoms. The van der Waals surface area contributed by atoms with Crippen molar-refractivity contribution in [1.29, 1.82) is 0 Å². The highest BCUT2D eigenvalue weighted by atomic mass is 16.3. The van der Waals surface area contributed by atoms with E-state index in [-0.39, 0.29) is 18.2 Å². The Hall–Kier alpha value is -3.43. The van der Waals surface area contributed by atoms with E-state index in [2.05, 4.69) is 33.5 Å². The molecule has 3 atom stereocenters. The number of hydrogen-bond donors (Lipinski definition) is 3. The number of aryl methyl sites for hydroxylation is 1. The molecule has 3 aromatic heterocycles. The molecule has 9 nitrogen and oxygen atoms in total. The number of fused-ring (bicyclic) bond motifs is 2. The van der Waals surface area contributed by atoms with Crippen molar-refractivity contribution in [2.75, 3.05) is 0 Å². The average Bonchev–Trinajstić information content (AvgIpc) is 3.77. The Bertz CT molecular complexity index is 1500. The molecule has 2 aliphatic carbocycles. The van der Waals surface area contributed by atoms with Gasteiger partial charge in [0.2, 0.25) is 5.91 Å². The van der Waals surface area contributed by atoms with Gasteiger partial charge in [-0.2, -0.15) is 0 Å². The molecule has 2 saturated carbocycles. The summed E-state index contributed by atoms with van der Waals surface area (Å²) in [5.41, 5.74) is 3.14. The van der Waals surface area contributed by atoms with Crippen LogP contribution in [0.4, 0.5) is 0 Å². The maximum absolute atomic E-state index is 13.4. The lowest BCUT2D eigenvalue weighted by atomic mass is 9.82. The van der Waals surface area contributed by atoms with E-state index in [0.29, 0.717) is 23.8 Å². The van der Waals surface area contributed by atoms with Gasteiger partial charge in [0.05, 0.1) is 30.0 Å². The molecule has 216 valence electrons. The number of aliphatic hydroxyl groups excluding tert-OH is 2. The van der Waals surface area contributed by atoms with Gasteiger partial charge in [0.1, 0.15) is 11.9 Å². The minimum absolute atomic E-state index is 0.0113. The summed E-state index contributed by atoms with van der Waals surface area (Å²) in [6.45, 7) is 2.10. The number of nitrogens with zero attached hydrogens (tertiary/aromatic N) is 5. The molecule has 0 spiro atoms. The Morgan fingerprint density at radius 2 is 1.88 bits per heavy atom. The van der Waals surface area contributed by atoms with Gasteiger partial charge in [-0.25, -0.2) is 4.98 Å². The Balaban J connectivity index is 1.28. The van der Waals surface area contributed by atoms with Crippen LogP contribution in [0.2, 0.25) is 0 Å². The smallest absolute Gasteiger partial charge is 0.227 e. The van der Waals surface area contributed by atoms with Crippen LogP contribution in [0.5, 0.6) is 0 Å². The van der Waals surface area contributed by atoms with Crippen LogP contribution in [0, 0.1) is 11.8 Å². The summed E-state index contributed by atoms with van der Waals surface area (Å²) in [5, 5.41) is 35.8. The number of aromatic nitrogens is 5. The van der Waals surface area contributed by atoms with Crippen molar-refractivity contribution in [1.82, 2.24) is 29.9 Å². The van der Waals surface area contributed by atoms with Gasteiger partial charge in [-0.15, -0.1) is 10.2 Å².